The maximum Gasteiger partial charge on any atom is 0.326 e. The number of nitro groups is 1. The lowest BCUT2D eigenvalue weighted by Crippen LogP contribution is -2.40. The van der Waals surface area contributed by atoms with E-state index in [1.165, 1.54) is 26.1 Å². The van der Waals surface area contributed by atoms with Crippen molar-refractivity contribution in [2.45, 2.75) is 19.9 Å². The molecule has 21 heavy (non-hydrogen) atoms. The highest BCUT2D eigenvalue weighted by atomic mass is 16.6. The van der Waals surface area contributed by atoms with Crippen LogP contribution in [0.3, 0.4) is 0 Å². The van der Waals surface area contributed by atoms with Crippen molar-refractivity contribution in [2.24, 2.45) is 0 Å². The standard InChI is InChI=1S/C13H16N2O6/c1-4-21-9-5-6-11(15(19)20)10(7-9)12(16)14(3)8(2)13(17)18/h5-8H,4H2,1-3H3,(H,17,18). The third-order valence-electron chi connectivity index (χ3n) is 2.96. The van der Waals surface area contributed by atoms with Gasteiger partial charge in [-0.2, -0.15) is 0 Å². The fraction of sp³-hybridized carbons (Fsp3) is 0.385. The minimum absolute atomic E-state index is 0.207. The van der Waals surface area contributed by atoms with E-state index >= 15 is 0 Å². The summed E-state index contributed by atoms with van der Waals surface area (Å²) in [6, 6.07) is 2.69. The Labute approximate surface area is 121 Å². The van der Waals surface area contributed by atoms with E-state index in [2.05, 4.69) is 0 Å². The van der Waals surface area contributed by atoms with E-state index in [4.69, 9.17) is 9.84 Å². The minimum Gasteiger partial charge on any atom is -0.494 e. The maximum absolute atomic E-state index is 12.3. The molecule has 0 saturated heterocycles. The number of aliphatic carboxylic acids is 1. The van der Waals surface area contributed by atoms with E-state index in [1.807, 2.05) is 0 Å². The van der Waals surface area contributed by atoms with Crippen molar-refractivity contribution in [3.8, 4) is 5.75 Å². The van der Waals surface area contributed by atoms with E-state index in [9.17, 15) is 19.7 Å². The first-order valence-electron chi connectivity index (χ1n) is 6.20. The van der Waals surface area contributed by atoms with Gasteiger partial charge in [-0.15, -0.1) is 0 Å². The molecule has 8 nitrogen and oxygen atoms in total. The molecule has 114 valence electrons. The highest BCUT2D eigenvalue weighted by molar-refractivity contribution is 6.00. The molecule has 0 bridgehead atoms. The Kier molecular flexibility index (Phi) is 5.23. The van der Waals surface area contributed by atoms with Crippen LogP contribution in [0.25, 0.3) is 0 Å². The molecule has 1 aromatic rings. The third kappa shape index (κ3) is 3.68. The van der Waals surface area contributed by atoms with Gasteiger partial charge in [0.05, 0.1) is 11.5 Å². The molecule has 0 fully saturated rings. The van der Waals surface area contributed by atoms with E-state index in [0.29, 0.717) is 12.4 Å². The van der Waals surface area contributed by atoms with Gasteiger partial charge in [-0.3, -0.25) is 14.9 Å². The summed E-state index contributed by atoms with van der Waals surface area (Å²) in [6.45, 7) is 3.40. The second-order valence-electron chi connectivity index (χ2n) is 4.30. The molecule has 0 aliphatic heterocycles. The number of nitro benzene ring substituents is 1. The van der Waals surface area contributed by atoms with Crippen LogP contribution < -0.4 is 4.74 Å². The second kappa shape index (κ2) is 6.69. The number of nitrogens with zero attached hydrogens (tertiary/aromatic N) is 2. The van der Waals surface area contributed by atoms with Crippen LogP contribution in [0.1, 0.15) is 24.2 Å². The minimum atomic E-state index is -1.20. The number of amides is 1. The zero-order chi connectivity index (χ0) is 16.2. The first-order chi connectivity index (χ1) is 9.79. The Morgan fingerprint density at radius 3 is 2.57 bits per heavy atom. The Morgan fingerprint density at radius 2 is 2.10 bits per heavy atom. The van der Waals surface area contributed by atoms with Gasteiger partial charge < -0.3 is 14.7 Å². The fourth-order valence-electron chi connectivity index (χ4n) is 1.63. The summed E-state index contributed by atoms with van der Waals surface area (Å²) in [4.78, 5) is 34.4. The van der Waals surface area contributed by atoms with E-state index in [1.54, 1.807) is 6.92 Å². The molecule has 1 atom stereocenters. The number of hydrogen-bond donors (Lipinski definition) is 1. The third-order valence-corrected chi connectivity index (χ3v) is 2.96. The lowest BCUT2D eigenvalue weighted by molar-refractivity contribution is -0.385. The first kappa shape index (κ1) is 16.4. The predicted octanol–water partition coefficient (Wildman–Crippen LogP) is 1.54. The number of carboxylic acids is 1. The SMILES string of the molecule is CCOc1ccc([N+](=O)[O-])c(C(=O)N(C)C(C)C(=O)O)c1. The normalized spacial score (nSPS) is 11.6. The van der Waals surface area contributed by atoms with Crippen molar-refractivity contribution in [2.75, 3.05) is 13.7 Å². The first-order valence-corrected chi connectivity index (χ1v) is 6.20. The van der Waals surface area contributed by atoms with Crippen LogP contribution in [-0.2, 0) is 4.79 Å². The Bertz CT molecular complexity index is 572. The van der Waals surface area contributed by atoms with Gasteiger partial charge in [0, 0.05) is 13.1 Å². The quantitative estimate of drug-likeness (QED) is 0.629. The van der Waals surface area contributed by atoms with Crippen LogP contribution in [0.2, 0.25) is 0 Å². The predicted molar refractivity (Wildman–Crippen MR) is 73.5 cm³/mol. The van der Waals surface area contributed by atoms with Gasteiger partial charge in [-0.25, -0.2) is 4.79 Å². The summed E-state index contributed by atoms with van der Waals surface area (Å²) >= 11 is 0. The lowest BCUT2D eigenvalue weighted by atomic mass is 10.1. The highest BCUT2D eigenvalue weighted by Crippen LogP contribution is 2.25. The Balaban J connectivity index is 3.24. The van der Waals surface area contributed by atoms with Crippen LogP contribution in [0.4, 0.5) is 5.69 Å². The number of benzene rings is 1. The van der Waals surface area contributed by atoms with Gasteiger partial charge in [-0.1, -0.05) is 0 Å². The number of carbonyl (C=O) groups is 2. The molecule has 0 aromatic heterocycles. The molecule has 1 unspecified atom stereocenters. The van der Waals surface area contributed by atoms with Gasteiger partial charge in [0.1, 0.15) is 17.4 Å². The van der Waals surface area contributed by atoms with E-state index in [-0.39, 0.29) is 5.56 Å². The monoisotopic (exact) mass is 296 g/mol. The van der Waals surface area contributed by atoms with E-state index < -0.39 is 28.5 Å². The molecule has 8 heteroatoms. The molecule has 1 N–H and O–H groups in total. The van der Waals surface area contributed by atoms with Gasteiger partial charge in [0.15, 0.2) is 0 Å². The van der Waals surface area contributed by atoms with Crippen LogP contribution in [0.15, 0.2) is 18.2 Å². The average molecular weight is 296 g/mol. The topological polar surface area (TPSA) is 110 Å². The molecule has 1 rings (SSSR count). The van der Waals surface area contributed by atoms with Crippen molar-refractivity contribution in [3.05, 3.63) is 33.9 Å². The molecule has 1 aromatic carbocycles. The van der Waals surface area contributed by atoms with Crippen molar-refractivity contribution in [3.63, 3.8) is 0 Å². The van der Waals surface area contributed by atoms with Gasteiger partial charge >= 0.3 is 5.97 Å². The van der Waals surface area contributed by atoms with Gasteiger partial charge in [0.25, 0.3) is 11.6 Å². The summed E-state index contributed by atoms with van der Waals surface area (Å²) in [5, 5.41) is 19.9. The largest absolute Gasteiger partial charge is 0.494 e. The molecule has 1 amide bonds. The maximum atomic E-state index is 12.3. The lowest BCUT2D eigenvalue weighted by Gasteiger charge is -2.21. The van der Waals surface area contributed by atoms with Crippen LogP contribution in [0.5, 0.6) is 5.75 Å². The molecular weight excluding hydrogens is 280 g/mol. The number of ether oxygens (including phenoxy) is 1. The number of hydrogen-bond acceptors (Lipinski definition) is 5. The van der Waals surface area contributed by atoms with Crippen LogP contribution in [0, 0.1) is 10.1 Å². The zero-order valence-electron chi connectivity index (χ0n) is 11.9. The van der Waals surface area contributed by atoms with Crippen LogP contribution >= 0.6 is 0 Å². The molecule has 0 spiro atoms. The summed E-state index contributed by atoms with van der Waals surface area (Å²) in [5.41, 5.74) is -0.602. The Morgan fingerprint density at radius 1 is 1.48 bits per heavy atom. The summed E-state index contributed by atoms with van der Waals surface area (Å²) in [6.07, 6.45) is 0. The number of carboxylic acid groups (broad SMARTS) is 1. The van der Waals surface area contributed by atoms with Crippen molar-refractivity contribution < 1.29 is 24.4 Å². The number of carbonyl (C=O) groups excluding carboxylic acids is 1. The molecule has 0 heterocycles. The van der Waals surface area contributed by atoms with Gasteiger partial charge in [0.2, 0.25) is 0 Å². The smallest absolute Gasteiger partial charge is 0.326 e. The van der Waals surface area contributed by atoms with Crippen molar-refractivity contribution in [1.29, 1.82) is 0 Å². The molecular formula is C13H16N2O6. The van der Waals surface area contributed by atoms with Crippen LogP contribution in [-0.4, -0.2) is 46.5 Å². The average Bonchev–Trinajstić information content (AvgIpc) is 2.44. The molecule has 0 aliphatic rings. The zero-order valence-corrected chi connectivity index (χ0v) is 11.9. The Hall–Kier alpha value is -2.64. The molecule has 0 radical (unpaired) electrons. The highest BCUT2D eigenvalue weighted by Gasteiger charge is 2.28. The summed E-state index contributed by atoms with van der Waals surface area (Å²) in [7, 11) is 1.28. The van der Waals surface area contributed by atoms with Gasteiger partial charge in [-0.05, 0) is 26.0 Å². The molecule has 0 saturated carbocycles. The van der Waals surface area contributed by atoms with E-state index in [0.717, 1.165) is 11.0 Å². The summed E-state index contributed by atoms with van der Waals surface area (Å²) < 4.78 is 5.21. The molecule has 0 aliphatic carbocycles. The van der Waals surface area contributed by atoms with Crippen molar-refractivity contribution >= 4 is 17.6 Å². The van der Waals surface area contributed by atoms with Crippen molar-refractivity contribution in [1.82, 2.24) is 4.90 Å². The second-order valence-corrected chi connectivity index (χ2v) is 4.30. The summed E-state index contributed by atoms with van der Waals surface area (Å²) in [5.74, 6) is -1.64. The number of likely N-dealkylation sites (N-methyl/N-ethyl adjacent to an activating group) is 1. The number of rotatable bonds is 6. The fourth-order valence-corrected chi connectivity index (χ4v) is 1.63.